The van der Waals surface area contributed by atoms with E-state index in [-0.39, 0.29) is 6.10 Å². The van der Waals surface area contributed by atoms with Crippen molar-refractivity contribution in [2.75, 3.05) is 13.6 Å². The fraction of sp³-hybridized carbons (Fsp3) is 1.00. The number of hydroxylamine groups is 2. The second-order valence-electron chi connectivity index (χ2n) is 7.92. The summed E-state index contributed by atoms with van der Waals surface area (Å²) in [5.74, 6) is 0. The van der Waals surface area contributed by atoms with Crippen LogP contribution in [0.25, 0.3) is 0 Å². The highest BCUT2D eigenvalue weighted by Gasteiger charge is 2.04. The molecule has 0 aromatic rings. The molecule has 0 radical (unpaired) electrons. The summed E-state index contributed by atoms with van der Waals surface area (Å²) in [6.45, 7) is 2.84. The van der Waals surface area contributed by atoms with Gasteiger partial charge >= 0.3 is 0 Å². The third-order valence-corrected chi connectivity index (χ3v) is 5.18. The number of hydrogen-bond acceptors (Lipinski definition) is 3. The van der Waals surface area contributed by atoms with Gasteiger partial charge in [0.1, 0.15) is 0 Å². The van der Waals surface area contributed by atoms with Gasteiger partial charge in [-0.05, 0) is 12.8 Å². The molecular weight excluding hydrogens is 310 g/mol. The number of hydrogen-bond donors (Lipinski definition) is 2. The maximum absolute atomic E-state index is 9.78. The van der Waals surface area contributed by atoms with Gasteiger partial charge in [0, 0.05) is 13.6 Å². The van der Waals surface area contributed by atoms with Crippen LogP contribution >= 0.6 is 0 Å². The van der Waals surface area contributed by atoms with Crippen LogP contribution in [0.4, 0.5) is 0 Å². The minimum absolute atomic E-state index is 0.249. The van der Waals surface area contributed by atoms with Crippen molar-refractivity contribution in [1.29, 1.82) is 0 Å². The Bertz CT molecular complexity index is 246. The van der Waals surface area contributed by atoms with Crippen molar-refractivity contribution < 1.29 is 10.3 Å². The van der Waals surface area contributed by atoms with Crippen LogP contribution in [0.15, 0.2) is 0 Å². The maximum Gasteiger partial charge on any atom is 0.0553 e. The molecular formula is C22H47NO2. The van der Waals surface area contributed by atoms with Gasteiger partial charge in [-0.25, -0.2) is 0 Å². The van der Waals surface area contributed by atoms with Crippen molar-refractivity contribution in [2.45, 2.75) is 129 Å². The first kappa shape index (κ1) is 24.9. The normalized spacial score (nSPS) is 12.8. The van der Waals surface area contributed by atoms with E-state index in [4.69, 9.17) is 5.21 Å². The molecule has 25 heavy (non-hydrogen) atoms. The van der Waals surface area contributed by atoms with Gasteiger partial charge in [-0.1, -0.05) is 110 Å². The summed E-state index contributed by atoms with van der Waals surface area (Å²) < 4.78 is 0. The third-order valence-electron chi connectivity index (χ3n) is 5.18. The highest BCUT2D eigenvalue weighted by molar-refractivity contribution is 4.57. The Morgan fingerprint density at radius 1 is 0.600 bits per heavy atom. The molecule has 0 fully saturated rings. The lowest BCUT2D eigenvalue weighted by atomic mass is 10.0. The van der Waals surface area contributed by atoms with Crippen LogP contribution in [-0.4, -0.2) is 35.1 Å². The predicted molar refractivity (Wildman–Crippen MR) is 109 cm³/mol. The topological polar surface area (TPSA) is 43.7 Å². The molecule has 0 aromatic carbocycles. The number of aliphatic hydroxyl groups is 1. The van der Waals surface area contributed by atoms with Gasteiger partial charge in [0.25, 0.3) is 0 Å². The predicted octanol–water partition coefficient (Wildman–Crippen LogP) is 6.71. The van der Waals surface area contributed by atoms with E-state index < -0.39 is 0 Å². The lowest BCUT2D eigenvalue weighted by molar-refractivity contribution is -0.0725. The van der Waals surface area contributed by atoms with E-state index in [1.165, 1.54) is 96.3 Å². The largest absolute Gasteiger partial charge is 0.393 e. The van der Waals surface area contributed by atoms with E-state index in [1.807, 2.05) is 0 Å². The van der Waals surface area contributed by atoms with Crippen molar-refractivity contribution >= 4 is 0 Å². The quantitative estimate of drug-likeness (QED) is 0.188. The van der Waals surface area contributed by atoms with E-state index in [1.54, 1.807) is 7.05 Å². The standard InChI is InChI=1S/C22H47NO2/c1-3-4-5-6-7-8-9-10-11-12-13-14-15-16-17-18-19-22(24)20-21-23(2)25/h22,24-25H,3-21H2,1-2H3. The summed E-state index contributed by atoms with van der Waals surface area (Å²) in [7, 11) is 1.63. The summed E-state index contributed by atoms with van der Waals surface area (Å²) in [4.78, 5) is 0. The molecule has 1 atom stereocenters. The minimum Gasteiger partial charge on any atom is -0.393 e. The number of unbranched alkanes of at least 4 members (excludes halogenated alkanes) is 15. The molecule has 0 bridgehead atoms. The Hall–Kier alpha value is -0.120. The molecule has 0 aromatic heterocycles. The van der Waals surface area contributed by atoms with E-state index in [9.17, 15) is 5.11 Å². The van der Waals surface area contributed by atoms with E-state index in [0.29, 0.717) is 13.0 Å². The Morgan fingerprint density at radius 3 is 1.32 bits per heavy atom. The zero-order valence-corrected chi connectivity index (χ0v) is 17.4. The van der Waals surface area contributed by atoms with Gasteiger partial charge in [-0.15, -0.1) is 0 Å². The highest BCUT2D eigenvalue weighted by atomic mass is 16.5. The Balaban J connectivity index is 3.07. The number of nitrogens with zero attached hydrogens (tertiary/aromatic N) is 1. The van der Waals surface area contributed by atoms with Crippen molar-refractivity contribution in [3.8, 4) is 0 Å². The van der Waals surface area contributed by atoms with Crippen molar-refractivity contribution in [3.63, 3.8) is 0 Å². The number of aliphatic hydroxyl groups excluding tert-OH is 1. The molecule has 0 spiro atoms. The molecule has 0 aliphatic carbocycles. The average Bonchev–Trinajstić information content (AvgIpc) is 2.59. The third kappa shape index (κ3) is 21.8. The lowest BCUT2D eigenvalue weighted by Crippen LogP contribution is -2.19. The molecule has 0 saturated carbocycles. The van der Waals surface area contributed by atoms with Gasteiger partial charge in [0.15, 0.2) is 0 Å². The maximum atomic E-state index is 9.78. The van der Waals surface area contributed by atoms with Gasteiger partial charge in [-0.2, -0.15) is 5.06 Å². The van der Waals surface area contributed by atoms with Crippen molar-refractivity contribution in [2.24, 2.45) is 0 Å². The molecule has 3 nitrogen and oxygen atoms in total. The molecule has 3 heteroatoms. The second-order valence-corrected chi connectivity index (χ2v) is 7.92. The Labute approximate surface area is 158 Å². The molecule has 0 rings (SSSR count). The summed E-state index contributed by atoms with van der Waals surface area (Å²) in [6, 6.07) is 0. The first-order chi connectivity index (χ1) is 12.2. The van der Waals surface area contributed by atoms with Gasteiger partial charge in [0.2, 0.25) is 0 Å². The smallest absolute Gasteiger partial charge is 0.0553 e. The molecule has 0 aliphatic heterocycles. The van der Waals surface area contributed by atoms with Gasteiger partial charge < -0.3 is 10.3 Å². The average molecular weight is 358 g/mol. The summed E-state index contributed by atoms with van der Waals surface area (Å²) in [5, 5.41) is 20.0. The number of rotatable bonds is 20. The van der Waals surface area contributed by atoms with Crippen LogP contribution in [0.1, 0.15) is 122 Å². The fourth-order valence-electron chi connectivity index (χ4n) is 3.41. The molecule has 1 unspecified atom stereocenters. The first-order valence-electron chi connectivity index (χ1n) is 11.2. The molecule has 0 saturated heterocycles. The SMILES string of the molecule is CCCCCCCCCCCCCCCCCCC(O)CCN(C)O. The van der Waals surface area contributed by atoms with Crippen LogP contribution in [-0.2, 0) is 0 Å². The first-order valence-corrected chi connectivity index (χ1v) is 11.2. The zero-order valence-electron chi connectivity index (χ0n) is 17.4. The van der Waals surface area contributed by atoms with E-state index in [2.05, 4.69) is 6.92 Å². The lowest BCUT2D eigenvalue weighted by Gasteiger charge is -2.13. The van der Waals surface area contributed by atoms with Crippen LogP contribution in [0.3, 0.4) is 0 Å². The second kappa shape index (κ2) is 20.2. The highest BCUT2D eigenvalue weighted by Crippen LogP contribution is 2.14. The molecule has 0 amide bonds. The molecule has 0 aliphatic rings. The minimum atomic E-state index is -0.249. The van der Waals surface area contributed by atoms with Crippen LogP contribution in [0, 0.1) is 0 Å². The summed E-state index contributed by atoms with van der Waals surface area (Å²) >= 11 is 0. The van der Waals surface area contributed by atoms with Crippen LogP contribution in [0.2, 0.25) is 0 Å². The monoisotopic (exact) mass is 357 g/mol. The Kier molecular flexibility index (Phi) is 20.1. The fourth-order valence-corrected chi connectivity index (χ4v) is 3.41. The Morgan fingerprint density at radius 2 is 0.960 bits per heavy atom. The van der Waals surface area contributed by atoms with Crippen LogP contribution in [0.5, 0.6) is 0 Å². The van der Waals surface area contributed by atoms with Gasteiger partial charge in [-0.3, -0.25) is 0 Å². The summed E-state index contributed by atoms with van der Waals surface area (Å²) in [5.41, 5.74) is 0. The van der Waals surface area contributed by atoms with Crippen molar-refractivity contribution in [3.05, 3.63) is 0 Å². The van der Waals surface area contributed by atoms with Gasteiger partial charge in [0.05, 0.1) is 6.10 Å². The zero-order chi connectivity index (χ0) is 18.6. The molecule has 2 N–H and O–H groups in total. The summed E-state index contributed by atoms with van der Waals surface area (Å²) in [6.07, 6.45) is 23.4. The van der Waals surface area contributed by atoms with E-state index in [0.717, 1.165) is 17.9 Å². The van der Waals surface area contributed by atoms with Crippen LogP contribution < -0.4 is 0 Å². The van der Waals surface area contributed by atoms with E-state index >= 15 is 0 Å². The van der Waals surface area contributed by atoms with Crippen molar-refractivity contribution in [1.82, 2.24) is 5.06 Å². The molecule has 0 heterocycles. The molecule has 152 valence electrons.